The molecule has 0 aromatic heterocycles. The molecule has 0 spiro atoms. The molecular formula is C17H24N2O3. The molecule has 1 saturated carbocycles. The summed E-state index contributed by atoms with van der Waals surface area (Å²) in [6.45, 7) is 3.30. The van der Waals surface area contributed by atoms with Crippen LogP contribution in [0.3, 0.4) is 0 Å². The molecule has 5 nitrogen and oxygen atoms in total. The van der Waals surface area contributed by atoms with Crippen molar-refractivity contribution in [3.05, 3.63) is 29.8 Å². The minimum absolute atomic E-state index is 0.0363. The number of rotatable bonds is 8. The molecule has 1 aromatic rings. The average Bonchev–Trinajstić information content (AvgIpc) is 3.35. The van der Waals surface area contributed by atoms with Crippen molar-refractivity contribution in [3.8, 4) is 5.75 Å². The van der Waals surface area contributed by atoms with E-state index in [1.54, 1.807) is 18.9 Å². The molecule has 2 rings (SSSR count). The van der Waals surface area contributed by atoms with Crippen LogP contribution in [0.5, 0.6) is 5.75 Å². The van der Waals surface area contributed by atoms with Gasteiger partial charge in [0.2, 0.25) is 11.8 Å². The van der Waals surface area contributed by atoms with Crippen LogP contribution in [0, 0.1) is 5.92 Å². The van der Waals surface area contributed by atoms with Gasteiger partial charge < -0.3 is 15.0 Å². The maximum Gasteiger partial charge on any atom is 0.223 e. The second-order valence-corrected chi connectivity index (χ2v) is 5.67. The zero-order valence-corrected chi connectivity index (χ0v) is 13.3. The van der Waals surface area contributed by atoms with E-state index in [-0.39, 0.29) is 17.7 Å². The van der Waals surface area contributed by atoms with E-state index >= 15 is 0 Å². The van der Waals surface area contributed by atoms with Crippen LogP contribution in [0.25, 0.3) is 0 Å². The number of methoxy groups -OCH3 is 1. The summed E-state index contributed by atoms with van der Waals surface area (Å²) in [5.74, 6) is 1.20. The van der Waals surface area contributed by atoms with Crippen LogP contribution in [-0.2, 0) is 16.0 Å². The monoisotopic (exact) mass is 304 g/mol. The van der Waals surface area contributed by atoms with Crippen LogP contribution in [0.15, 0.2) is 24.3 Å². The largest absolute Gasteiger partial charge is 0.497 e. The third-order valence-corrected chi connectivity index (χ3v) is 3.90. The van der Waals surface area contributed by atoms with E-state index in [1.165, 1.54) is 0 Å². The van der Waals surface area contributed by atoms with Gasteiger partial charge in [-0.15, -0.1) is 0 Å². The Morgan fingerprint density at radius 1 is 1.23 bits per heavy atom. The summed E-state index contributed by atoms with van der Waals surface area (Å²) in [4.78, 5) is 25.0. The van der Waals surface area contributed by atoms with E-state index in [0.717, 1.165) is 30.6 Å². The molecule has 0 radical (unpaired) electrons. The van der Waals surface area contributed by atoms with Gasteiger partial charge in [0.1, 0.15) is 5.75 Å². The fourth-order valence-corrected chi connectivity index (χ4v) is 2.29. The molecule has 1 aliphatic rings. The molecule has 0 heterocycles. The van der Waals surface area contributed by atoms with Crippen molar-refractivity contribution in [1.29, 1.82) is 0 Å². The average molecular weight is 304 g/mol. The maximum atomic E-state index is 11.7. The molecule has 0 atom stereocenters. The normalized spacial score (nSPS) is 13.5. The molecule has 1 aromatic carbocycles. The quantitative estimate of drug-likeness (QED) is 0.794. The first-order chi connectivity index (χ1) is 10.6. The number of hydrogen-bond acceptors (Lipinski definition) is 3. The van der Waals surface area contributed by atoms with Gasteiger partial charge in [0.25, 0.3) is 0 Å². The number of nitrogens with one attached hydrogen (secondary N) is 1. The lowest BCUT2D eigenvalue weighted by Gasteiger charge is -2.21. The zero-order valence-electron chi connectivity index (χ0n) is 13.3. The highest BCUT2D eigenvalue weighted by Crippen LogP contribution is 2.28. The summed E-state index contributed by atoms with van der Waals surface area (Å²) < 4.78 is 5.13. The topological polar surface area (TPSA) is 58.6 Å². The van der Waals surface area contributed by atoms with Crippen molar-refractivity contribution in [3.63, 3.8) is 0 Å². The lowest BCUT2D eigenvalue weighted by atomic mass is 10.1. The first-order valence-electron chi connectivity index (χ1n) is 7.76. The van der Waals surface area contributed by atoms with Crippen molar-refractivity contribution in [2.45, 2.75) is 26.2 Å². The number of benzene rings is 1. The first-order valence-corrected chi connectivity index (χ1v) is 7.76. The van der Waals surface area contributed by atoms with E-state index in [9.17, 15) is 9.59 Å². The minimum Gasteiger partial charge on any atom is -0.497 e. The Kier molecular flexibility index (Phi) is 5.81. The standard InChI is InChI=1S/C17H24N2O3/c1-13(20)19(12-10-18-17(21)15-5-6-15)11-9-14-3-7-16(22-2)8-4-14/h3-4,7-8,15H,5-6,9-12H2,1-2H3,(H,18,21). The van der Waals surface area contributed by atoms with E-state index in [0.29, 0.717) is 19.6 Å². The predicted octanol–water partition coefficient (Wildman–Crippen LogP) is 1.61. The Morgan fingerprint density at radius 2 is 1.91 bits per heavy atom. The van der Waals surface area contributed by atoms with Crippen LogP contribution in [-0.4, -0.2) is 43.5 Å². The molecule has 0 unspecified atom stereocenters. The summed E-state index contributed by atoms with van der Waals surface area (Å²) in [6.07, 6.45) is 2.79. The van der Waals surface area contributed by atoms with Crippen molar-refractivity contribution >= 4 is 11.8 Å². The van der Waals surface area contributed by atoms with Crippen molar-refractivity contribution in [2.24, 2.45) is 5.92 Å². The Labute approximate surface area is 131 Å². The fourth-order valence-electron chi connectivity index (χ4n) is 2.29. The zero-order chi connectivity index (χ0) is 15.9. The van der Waals surface area contributed by atoms with E-state index in [1.807, 2.05) is 24.3 Å². The molecule has 2 amide bonds. The molecule has 0 aliphatic heterocycles. The van der Waals surface area contributed by atoms with Gasteiger partial charge >= 0.3 is 0 Å². The molecule has 0 bridgehead atoms. The summed E-state index contributed by atoms with van der Waals surface area (Å²) in [6, 6.07) is 7.85. The van der Waals surface area contributed by atoms with Gasteiger partial charge in [-0.3, -0.25) is 9.59 Å². The highest BCUT2D eigenvalue weighted by molar-refractivity contribution is 5.80. The summed E-state index contributed by atoms with van der Waals surface area (Å²) >= 11 is 0. The molecule has 1 aliphatic carbocycles. The SMILES string of the molecule is COc1ccc(CCN(CCNC(=O)C2CC2)C(C)=O)cc1. The third-order valence-electron chi connectivity index (χ3n) is 3.90. The van der Waals surface area contributed by atoms with Crippen LogP contribution >= 0.6 is 0 Å². The van der Waals surface area contributed by atoms with Gasteiger partial charge in [0.05, 0.1) is 7.11 Å². The Bertz CT molecular complexity index is 509. The van der Waals surface area contributed by atoms with Gasteiger partial charge in [0.15, 0.2) is 0 Å². The van der Waals surface area contributed by atoms with Gasteiger partial charge in [-0.05, 0) is 37.0 Å². The molecular weight excluding hydrogens is 280 g/mol. The lowest BCUT2D eigenvalue weighted by molar-refractivity contribution is -0.129. The van der Waals surface area contributed by atoms with Crippen molar-refractivity contribution in [1.82, 2.24) is 10.2 Å². The second-order valence-electron chi connectivity index (χ2n) is 5.67. The van der Waals surface area contributed by atoms with Gasteiger partial charge in [0, 0.05) is 32.5 Å². The van der Waals surface area contributed by atoms with Crippen LogP contribution in [0.2, 0.25) is 0 Å². The fraction of sp³-hybridized carbons (Fsp3) is 0.529. The minimum atomic E-state index is 0.0363. The molecule has 22 heavy (non-hydrogen) atoms. The first kappa shape index (κ1) is 16.3. The Balaban J connectivity index is 1.75. The van der Waals surface area contributed by atoms with Crippen molar-refractivity contribution < 1.29 is 14.3 Å². The number of nitrogens with zero attached hydrogens (tertiary/aromatic N) is 1. The molecule has 1 fully saturated rings. The van der Waals surface area contributed by atoms with Crippen LogP contribution in [0.4, 0.5) is 0 Å². The molecule has 120 valence electrons. The third kappa shape index (κ3) is 5.06. The highest BCUT2D eigenvalue weighted by atomic mass is 16.5. The molecule has 1 N–H and O–H groups in total. The van der Waals surface area contributed by atoms with Gasteiger partial charge in [-0.1, -0.05) is 12.1 Å². The smallest absolute Gasteiger partial charge is 0.223 e. The number of amides is 2. The highest BCUT2D eigenvalue weighted by Gasteiger charge is 2.29. The lowest BCUT2D eigenvalue weighted by Crippen LogP contribution is -2.39. The number of hydrogen-bond donors (Lipinski definition) is 1. The Morgan fingerprint density at radius 3 is 2.45 bits per heavy atom. The molecule has 5 heteroatoms. The molecule has 0 saturated heterocycles. The summed E-state index contributed by atoms with van der Waals surface area (Å²) in [5, 5.41) is 2.89. The summed E-state index contributed by atoms with van der Waals surface area (Å²) in [7, 11) is 1.64. The van der Waals surface area contributed by atoms with E-state index in [4.69, 9.17) is 4.74 Å². The maximum absolute atomic E-state index is 11.7. The van der Waals surface area contributed by atoms with E-state index < -0.39 is 0 Å². The second kappa shape index (κ2) is 7.82. The summed E-state index contributed by atoms with van der Waals surface area (Å²) in [5.41, 5.74) is 1.16. The van der Waals surface area contributed by atoms with E-state index in [2.05, 4.69) is 5.32 Å². The number of carbonyl (C=O) groups excluding carboxylic acids is 2. The Hall–Kier alpha value is -2.04. The van der Waals surface area contributed by atoms with Crippen LogP contribution < -0.4 is 10.1 Å². The number of carbonyl (C=O) groups is 2. The predicted molar refractivity (Wildman–Crippen MR) is 84.7 cm³/mol. The van der Waals surface area contributed by atoms with Gasteiger partial charge in [-0.25, -0.2) is 0 Å². The van der Waals surface area contributed by atoms with Gasteiger partial charge in [-0.2, -0.15) is 0 Å². The number of ether oxygens (including phenoxy) is 1. The van der Waals surface area contributed by atoms with Crippen molar-refractivity contribution in [2.75, 3.05) is 26.7 Å². The van der Waals surface area contributed by atoms with Crippen LogP contribution in [0.1, 0.15) is 25.3 Å².